The van der Waals surface area contributed by atoms with E-state index in [1.54, 1.807) is 0 Å². The molecule has 2 amide bonds. The number of aliphatic hydroxyl groups excluding tert-OH is 2. The standard InChI is InChI=1S/C19H20N2O7S2/c1-28-12-4-11(24)8-6-19-16(26)20-13-7(9(22)2-3-10(13)23)5-18(20,29-30-19)17(27)21(19)14(8)15(12)25/h2-3,7-8,10,12-15,23,25H,4-6H2,1H3. The molecule has 9 atom stereocenters. The fraction of sp³-hybridized carbons (Fsp3) is 0.684. The molecule has 160 valence electrons. The Kier molecular flexibility index (Phi) is 3.79. The molecule has 7 aliphatic rings. The SMILES string of the molecule is COC1CC(=O)C2CC34SSC5(CC6C(=O)C=CC(O)C6N5C3=O)C(=O)N4C2C1O. The number of allylic oxidation sites excluding steroid dienone is 1. The summed E-state index contributed by atoms with van der Waals surface area (Å²) in [6.45, 7) is 0. The van der Waals surface area contributed by atoms with Crippen LogP contribution >= 0.6 is 21.6 Å². The lowest BCUT2D eigenvalue weighted by Crippen LogP contribution is -2.77. The van der Waals surface area contributed by atoms with Crippen molar-refractivity contribution in [2.45, 2.75) is 59.4 Å². The molecule has 9 nitrogen and oxygen atoms in total. The summed E-state index contributed by atoms with van der Waals surface area (Å²) in [5.74, 6) is -2.34. The zero-order chi connectivity index (χ0) is 21.2. The van der Waals surface area contributed by atoms with Crippen molar-refractivity contribution in [1.82, 2.24) is 9.80 Å². The number of ether oxygens (including phenoxy) is 1. The van der Waals surface area contributed by atoms with Crippen LogP contribution < -0.4 is 0 Å². The van der Waals surface area contributed by atoms with Crippen LogP contribution in [0.2, 0.25) is 0 Å². The van der Waals surface area contributed by atoms with Crippen molar-refractivity contribution in [3.05, 3.63) is 12.2 Å². The fourth-order valence-corrected chi connectivity index (χ4v) is 10.1. The molecular weight excluding hydrogens is 432 g/mol. The van der Waals surface area contributed by atoms with Crippen LogP contribution in [0, 0.1) is 11.8 Å². The van der Waals surface area contributed by atoms with Gasteiger partial charge in [-0.3, -0.25) is 19.2 Å². The van der Waals surface area contributed by atoms with Crippen LogP contribution in [0.15, 0.2) is 12.2 Å². The molecule has 0 aromatic heterocycles. The molecule has 2 N–H and O–H groups in total. The molecule has 2 spiro atoms. The maximum Gasteiger partial charge on any atom is 0.261 e. The van der Waals surface area contributed by atoms with Gasteiger partial charge in [0.1, 0.15) is 11.9 Å². The van der Waals surface area contributed by atoms with Gasteiger partial charge >= 0.3 is 0 Å². The van der Waals surface area contributed by atoms with Crippen molar-refractivity contribution >= 4 is 45.0 Å². The number of nitrogens with zero attached hydrogens (tertiary/aromatic N) is 2. The number of ketones is 2. The van der Waals surface area contributed by atoms with Gasteiger partial charge in [0.25, 0.3) is 11.8 Å². The summed E-state index contributed by atoms with van der Waals surface area (Å²) in [7, 11) is 3.91. The van der Waals surface area contributed by atoms with Crippen LogP contribution in [-0.2, 0) is 23.9 Å². The number of hydrogen-bond donors (Lipinski definition) is 2. The lowest BCUT2D eigenvalue weighted by molar-refractivity contribution is -0.173. The van der Waals surface area contributed by atoms with Crippen LogP contribution in [0.1, 0.15) is 19.3 Å². The number of aliphatic hydroxyl groups is 2. The lowest BCUT2D eigenvalue weighted by Gasteiger charge is -2.59. The van der Waals surface area contributed by atoms with Crippen molar-refractivity contribution in [1.29, 1.82) is 0 Å². The number of methoxy groups -OCH3 is 1. The van der Waals surface area contributed by atoms with Crippen LogP contribution in [0.4, 0.5) is 0 Å². The van der Waals surface area contributed by atoms with Crippen LogP contribution in [0.5, 0.6) is 0 Å². The highest BCUT2D eigenvalue weighted by atomic mass is 33.1. The number of rotatable bonds is 1. The second-order valence-corrected chi connectivity index (χ2v) is 11.6. The average Bonchev–Trinajstić information content (AvgIpc) is 3.27. The Morgan fingerprint density at radius 2 is 1.60 bits per heavy atom. The van der Waals surface area contributed by atoms with E-state index in [2.05, 4.69) is 0 Å². The van der Waals surface area contributed by atoms with E-state index < -0.39 is 52.0 Å². The van der Waals surface area contributed by atoms with Crippen LogP contribution in [-0.4, -0.2) is 90.6 Å². The van der Waals surface area contributed by atoms with Gasteiger partial charge in [0.05, 0.1) is 24.3 Å². The van der Waals surface area contributed by atoms with E-state index in [0.717, 1.165) is 0 Å². The van der Waals surface area contributed by atoms with Gasteiger partial charge in [-0.05, 0) is 6.08 Å². The molecule has 5 aliphatic heterocycles. The Morgan fingerprint density at radius 3 is 2.23 bits per heavy atom. The third-order valence-electron chi connectivity index (χ3n) is 7.64. The van der Waals surface area contributed by atoms with Crippen molar-refractivity contribution in [2.24, 2.45) is 11.8 Å². The van der Waals surface area contributed by atoms with Crippen LogP contribution in [0.3, 0.4) is 0 Å². The molecule has 9 unspecified atom stereocenters. The third-order valence-corrected chi connectivity index (χ3v) is 11.3. The molecule has 11 heteroatoms. The highest BCUT2D eigenvalue weighted by molar-refractivity contribution is 8.78. The second-order valence-electron chi connectivity index (χ2n) is 8.88. The summed E-state index contributed by atoms with van der Waals surface area (Å²) < 4.78 is 5.29. The zero-order valence-corrected chi connectivity index (χ0v) is 17.6. The minimum absolute atomic E-state index is 0.0422. The highest BCUT2D eigenvalue weighted by Crippen LogP contribution is 2.69. The predicted octanol–water partition coefficient (Wildman–Crippen LogP) is -0.930. The number of amides is 2. The predicted molar refractivity (Wildman–Crippen MR) is 105 cm³/mol. The molecule has 0 aromatic rings. The van der Waals surface area contributed by atoms with Gasteiger partial charge in [0, 0.05) is 38.2 Å². The van der Waals surface area contributed by atoms with E-state index in [-0.39, 0.29) is 42.6 Å². The number of hydrogen-bond acceptors (Lipinski definition) is 9. The smallest absolute Gasteiger partial charge is 0.261 e. The summed E-state index contributed by atoms with van der Waals surface area (Å²) in [5.41, 5.74) is 0. The molecule has 6 fully saturated rings. The number of piperazine rings is 1. The molecule has 2 bridgehead atoms. The van der Waals surface area contributed by atoms with E-state index >= 15 is 0 Å². The van der Waals surface area contributed by atoms with Gasteiger partial charge in [-0.1, -0.05) is 27.7 Å². The summed E-state index contributed by atoms with van der Waals surface area (Å²) >= 11 is 0. The van der Waals surface area contributed by atoms with Gasteiger partial charge in [0.2, 0.25) is 0 Å². The minimum atomic E-state index is -1.32. The molecule has 5 saturated heterocycles. The van der Waals surface area contributed by atoms with Gasteiger partial charge in [0.15, 0.2) is 15.5 Å². The average molecular weight is 453 g/mol. The lowest BCUT2D eigenvalue weighted by atomic mass is 9.79. The monoisotopic (exact) mass is 452 g/mol. The van der Waals surface area contributed by atoms with E-state index in [1.807, 2.05) is 0 Å². The molecule has 0 radical (unpaired) electrons. The molecule has 2 aliphatic carbocycles. The maximum atomic E-state index is 13.9. The number of Topliss-reactive ketones (excluding diaryl/α,β-unsaturated/α-hetero) is 1. The molecule has 30 heavy (non-hydrogen) atoms. The van der Waals surface area contributed by atoms with Gasteiger partial charge < -0.3 is 24.7 Å². The first-order valence-electron chi connectivity index (χ1n) is 9.95. The van der Waals surface area contributed by atoms with Gasteiger partial charge in [-0.25, -0.2) is 0 Å². The van der Waals surface area contributed by atoms with E-state index in [9.17, 15) is 29.4 Å². The quantitative estimate of drug-likeness (QED) is 0.486. The Balaban J connectivity index is 1.49. The maximum absolute atomic E-state index is 13.9. The molecular formula is C19H20N2O7S2. The Morgan fingerprint density at radius 1 is 1.00 bits per heavy atom. The Bertz CT molecular complexity index is 942. The molecule has 1 saturated carbocycles. The van der Waals surface area contributed by atoms with E-state index in [4.69, 9.17) is 4.74 Å². The molecule has 5 heterocycles. The number of carbonyl (C=O) groups excluding carboxylic acids is 4. The number of carbonyl (C=O) groups is 4. The topological polar surface area (TPSA) is 124 Å². The first-order valence-corrected chi connectivity index (χ1v) is 12.1. The first kappa shape index (κ1) is 19.3. The second kappa shape index (κ2) is 5.89. The van der Waals surface area contributed by atoms with Gasteiger partial charge in [-0.15, -0.1) is 0 Å². The normalized spacial score (nSPS) is 51.2. The largest absolute Gasteiger partial charge is 0.388 e. The Labute approximate surface area is 179 Å². The first-order chi connectivity index (χ1) is 14.3. The summed E-state index contributed by atoms with van der Waals surface area (Å²) in [5, 5.41) is 21.5. The third kappa shape index (κ3) is 1.95. The van der Waals surface area contributed by atoms with E-state index in [1.165, 1.54) is 50.6 Å². The minimum Gasteiger partial charge on any atom is -0.388 e. The summed E-state index contributed by atoms with van der Waals surface area (Å²) in [6.07, 6.45) is 0.123. The molecule has 7 rings (SSSR count). The van der Waals surface area contributed by atoms with Crippen molar-refractivity contribution < 1.29 is 34.1 Å². The number of fused-ring (bicyclic) bond motifs is 3. The zero-order valence-electron chi connectivity index (χ0n) is 16.0. The van der Waals surface area contributed by atoms with Crippen molar-refractivity contribution in [3.8, 4) is 0 Å². The van der Waals surface area contributed by atoms with Crippen molar-refractivity contribution in [3.63, 3.8) is 0 Å². The fourth-order valence-electron chi connectivity index (χ4n) is 6.29. The Hall–Kier alpha value is -1.40. The van der Waals surface area contributed by atoms with Gasteiger partial charge in [-0.2, -0.15) is 0 Å². The van der Waals surface area contributed by atoms with Crippen molar-refractivity contribution in [2.75, 3.05) is 7.11 Å². The summed E-state index contributed by atoms with van der Waals surface area (Å²) in [6, 6.07) is -1.62. The van der Waals surface area contributed by atoms with E-state index in [0.29, 0.717) is 0 Å². The van der Waals surface area contributed by atoms with Crippen LogP contribution in [0.25, 0.3) is 0 Å². The molecule has 0 aromatic carbocycles. The summed E-state index contributed by atoms with van der Waals surface area (Å²) in [4.78, 5) is 53.3. The highest BCUT2D eigenvalue weighted by Gasteiger charge is 2.79.